The van der Waals surface area contributed by atoms with Crippen LogP contribution in [0.5, 0.6) is 0 Å². The molecule has 6 nitrogen and oxygen atoms in total. The second-order valence-electron chi connectivity index (χ2n) is 3.98. The van der Waals surface area contributed by atoms with Gasteiger partial charge >= 0.3 is 0 Å². The largest absolute Gasteiger partial charge is 0.300 e. The molecule has 0 aromatic carbocycles. The maximum absolute atomic E-state index is 11.1. The number of nitrogens with zero attached hydrogens (tertiary/aromatic N) is 4. The fourth-order valence-electron chi connectivity index (χ4n) is 1.97. The second-order valence-corrected chi connectivity index (χ2v) is 3.98. The lowest BCUT2D eigenvalue weighted by atomic mass is 9.65. The standard InChI is InChI=1S/C10H7N5O/c11-5-10(2-7(16)3-10)6-1-8-9(12-4-6)14-15-13-8/h1,4H,2-3H2,(H,12,13,14,15). The summed E-state index contributed by atoms with van der Waals surface area (Å²) in [5.41, 5.74) is 1.18. The molecule has 1 fully saturated rings. The van der Waals surface area contributed by atoms with E-state index in [-0.39, 0.29) is 18.6 Å². The summed E-state index contributed by atoms with van der Waals surface area (Å²) < 4.78 is 0. The lowest BCUT2D eigenvalue weighted by Gasteiger charge is -2.33. The Morgan fingerprint density at radius 3 is 2.94 bits per heavy atom. The van der Waals surface area contributed by atoms with Crippen molar-refractivity contribution in [1.29, 1.82) is 5.26 Å². The van der Waals surface area contributed by atoms with Gasteiger partial charge in [-0.1, -0.05) is 0 Å². The Labute approximate surface area is 90.3 Å². The fraction of sp³-hybridized carbons (Fsp3) is 0.300. The van der Waals surface area contributed by atoms with Gasteiger partial charge < -0.3 is 0 Å². The first-order valence-corrected chi connectivity index (χ1v) is 4.83. The Bertz CT molecular complexity index is 615. The summed E-state index contributed by atoms with van der Waals surface area (Å²) in [6, 6.07) is 3.96. The van der Waals surface area contributed by atoms with Crippen molar-refractivity contribution in [3.8, 4) is 6.07 Å². The van der Waals surface area contributed by atoms with E-state index in [4.69, 9.17) is 5.26 Å². The number of pyridine rings is 1. The molecule has 0 saturated heterocycles. The summed E-state index contributed by atoms with van der Waals surface area (Å²) in [6.07, 6.45) is 2.14. The number of H-pyrrole nitrogens is 1. The van der Waals surface area contributed by atoms with Gasteiger partial charge in [-0.15, -0.1) is 5.10 Å². The maximum atomic E-state index is 11.1. The molecule has 1 N–H and O–H groups in total. The van der Waals surface area contributed by atoms with Gasteiger partial charge in [0, 0.05) is 19.0 Å². The van der Waals surface area contributed by atoms with Crippen LogP contribution in [-0.4, -0.2) is 26.2 Å². The van der Waals surface area contributed by atoms with Crippen LogP contribution in [0.15, 0.2) is 12.3 Å². The van der Waals surface area contributed by atoms with Gasteiger partial charge in [0.15, 0.2) is 0 Å². The minimum atomic E-state index is -0.697. The number of carbonyl (C=O) groups excluding carboxylic acids is 1. The number of Topliss-reactive ketones (excluding diaryl/α,β-unsaturated/α-hetero) is 1. The summed E-state index contributed by atoms with van der Waals surface area (Å²) in [5.74, 6) is 0.113. The van der Waals surface area contributed by atoms with Gasteiger partial charge in [0.25, 0.3) is 0 Å². The van der Waals surface area contributed by atoms with E-state index in [9.17, 15) is 4.79 Å². The molecule has 6 heteroatoms. The van der Waals surface area contributed by atoms with Crippen LogP contribution in [0, 0.1) is 11.3 Å². The van der Waals surface area contributed by atoms with Gasteiger partial charge in [-0.2, -0.15) is 15.6 Å². The lowest BCUT2D eigenvalue weighted by molar-refractivity contribution is -0.126. The molecular formula is C10H7N5O. The molecule has 0 aliphatic heterocycles. The Morgan fingerprint density at radius 2 is 2.25 bits per heavy atom. The number of hydrogen-bond acceptors (Lipinski definition) is 5. The molecule has 2 aromatic rings. The van der Waals surface area contributed by atoms with E-state index in [0.717, 1.165) is 5.56 Å². The third-order valence-corrected chi connectivity index (χ3v) is 2.94. The smallest absolute Gasteiger partial charge is 0.201 e. The van der Waals surface area contributed by atoms with E-state index in [1.165, 1.54) is 0 Å². The van der Waals surface area contributed by atoms with E-state index in [0.29, 0.717) is 11.2 Å². The van der Waals surface area contributed by atoms with Crippen LogP contribution in [0.3, 0.4) is 0 Å². The maximum Gasteiger partial charge on any atom is 0.201 e. The molecule has 2 aromatic heterocycles. The van der Waals surface area contributed by atoms with E-state index in [1.54, 1.807) is 12.3 Å². The minimum absolute atomic E-state index is 0.113. The molecule has 0 amide bonds. The van der Waals surface area contributed by atoms with Gasteiger partial charge in [0.05, 0.1) is 11.5 Å². The van der Waals surface area contributed by atoms with Crippen LogP contribution in [0.1, 0.15) is 18.4 Å². The third-order valence-electron chi connectivity index (χ3n) is 2.94. The van der Waals surface area contributed by atoms with Gasteiger partial charge in [0.2, 0.25) is 5.65 Å². The zero-order valence-electron chi connectivity index (χ0n) is 8.27. The molecule has 0 unspecified atom stereocenters. The Morgan fingerprint density at radius 1 is 1.44 bits per heavy atom. The van der Waals surface area contributed by atoms with Crippen LogP contribution in [0.2, 0.25) is 0 Å². The molecule has 78 valence electrons. The predicted molar refractivity (Wildman–Crippen MR) is 53.2 cm³/mol. The fourth-order valence-corrected chi connectivity index (χ4v) is 1.97. The lowest BCUT2D eigenvalue weighted by Crippen LogP contribution is -2.40. The van der Waals surface area contributed by atoms with Crippen molar-refractivity contribution in [2.45, 2.75) is 18.3 Å². The molecule has 3 rings (SSSR count). The van der Waals surface area contributed by atoms with Crippen LogP contribution < -0.4 is 0 Å². The van der Waals surface area contributed by atoms with Crippen molar-refractivity contribution in [2.24, 2.45) is 0 Å². The number of ketones is 1. The highest BCUT2D eigenvalue weighted by Gasteiger charge is 2.45. The third kappa shape index (κ3) is 1.05. The van der Waals surface area contributed by atoms with Crippen LogP contribution in [0.4, 0.5) is 0 Å². The van der Waals surface area contributed by atoms with Crippen LogP contribution in [-0.2, 0) is 10.2 Å². The minimum Gasteiger partial charge on any atom is -0.300 e. The highest BCUT2D eigenvalue weighted by atomic mass is 16.1. The van der Waals surface area contributed by atoms with Gasteiger partial charge in [-0.3, -0.25) is 4.79 Å². The van der Waals surface area contributed by atoms with Crippen molar-refractivity contribution < 1.29 is 4.79 Å². The molecule has 0 spiro atoms. The Balaban J connectivity index is 2.12. The van der Waals surface area contributed by atoms with E-state index in [2.05, 4.69) is 26.5 Å². The average molecular weight is 213 g/mol. The number of aromatic amines is 1. The average Bonchev–Trinajstić information content (AvgIpc) is 2.71. The van der Waals surface area contributed by atoms with Gasteiger partial charge in [0.1, 0.15) is 11.3 Å². The van der Waals surface area contributed by atoms with Crippen molar-refractivity contribution >= 4 is 16.9 Å². The molecular weight excluding hydrogens is 206 g/mol. The summed E-state index contributed by atoms with van der Waals surface area (Å²) in [4.78, 5) is 15.1. The first-order valence-electron chi connectivity index (χ1n) is 4.83. The number of carbonyl (C=O) groups is 1. The molecule has 0 atom stereocenters. The van der Waals surface area contributed by atoms with E-state index in [1.807, 2.05) is 0 Å². The summed E-state index contributed by atoms with van der Waals surface area (Å²) >= 11 is 0. The summed E-state index contributed by atoms with van der Waals surface area (Å²) in [7, 11) is 0. The first-order chi connectivity index (χ1) is 7.73. The molecule has 2 heterocycles. The van der Waals surface area contributed by atoms with Gasteiger partial charge in [-0.05, 0) is 11.6 Å². The highest BCUT2D eigenvalue weighted by Crippen LogP contribution is 2.40. The normalized spacial score (nSPS) is 18.1. The SMILES string of the molecule is N#CC1(c2cnc3n[nH]nc3c2)CC(=O)C1. The number of rotatable bonds is 1. The van der Waals surface area contributed by atoms with E-state index < -0.39 is 5.41 Å². The number of nitriles is 1. The zero-order valence-corrected chi connectivity index (χ0v) is 8.27. The number of aromatic nitrogens is 4. The highest BCUT2D eigenvalue weighted by molar-refractivity contribution is 5.90. The quantitative estimate of drug-likeness (QED) is 0.743. The molecule has 1 saturated carbocycles. The molecule has 0 radical (unpaired) electrons. The van der Waals surface area contributed by atoms with Crippen LogP contribution >= 0.6 is 0 Å². The molecule has 1 aliphatic rings. The Kier molecular flexibility index (Phi) is 1.60. The van der Waals surface area contributed by atoms with Crippen molar-refractivity contribution in [2.75, 3.05) is 0 Å². The summed E-state index contributed by atoms with van der Waals surface area (Å²) in [6.45, 7) is 0. The first kappa shape index (κ1) is 8.97. The number of hydrogen-bond donors (Lipinski definition) is 1. The molecule has 16 heavy (non-hydrogen) atoms. The van der Waals surface area contributed by atoms with Crippen molar-refractivity contribution in [3.63, 3.8) is 0 Å². The molecule has 0 bridgehead atoms. The molecule has 1 aliphatic carbocycles. The Hall–Kier alpha value is -2.29. The number of nitrogens with one attached hydrogen (secondary N) is 1. The summed E-state index contributed by atoms with van der Waals surface area (Å²) in [5, 5.41) is 19.4. The van der Waals surface area contributed by atoms with E-state index >= 15 is 0 Å². The van der Waals surface area contributed by atoms with Crippen LogP contribution in [0.25, 0.3) is 11.2 Å². The van der Waals surface area contributed by atoms with Crippen molar-refractivity contribution in [3.05, 3.63) is 17.8 Å². The topological polar surface area (TPSA) is 95.3 Å². The zero-order chi connectivity index (χ0) is 11.2. The predicted octanol–water partition coefficient (Wildman–Crippen LogP) is 0.477. The second kappa shape index (κ2) is 2.85. The number of fused-ring (bicyclic) bond motifs is 1. The van der Waals surface area contributed by atoms with Crippen molar-refractivity contribution in [1.82, 2.24) is 20.4 Å². The monoisotopic (exact) mass is 213 g/mol. The van der Waals surface area contributed by atoms with Gasteiger partial charge in [-0.25, -0.2) is 4.98 Å².